The third kappa shape index (κ3) is 2.79. The lowest BCUT2D eigenvalue weighted by atomic mass is 9.81. The molecule has 1 aromatic carbocycles. The average Bonchev–Trinajstić information content (AvgIpc) is 2.43. The molecule has 0 aliphatic heterocycles. The first-order chi connectivity index (χ1) is 8.76. The highest BCUT2D eigenvalue weighted by atomic mass is 19.1. The van der Waals surface area contributed by atoms with Gasteiger partial charge < -0.3 is 9.47 Å². The molecule has 98 valence electrons. The first-order valence-electron chi connectivity index (χ1n) is 6.22. The van der Waals surface area contributed by atoms with Crippen molar-refractivity contribution in [1.82, 2.24) is 0 Å². The lowest BCUT2D eigenvalue weighted by Crippen LogP contribution is -2.29. The van der Waals surface area contributed by atoms with Gasteiger partial charge >= 0.3 is 0 Å². The van der Waals surface area contributed by atoms with Crippen molar-refractivity contribution in [2.75, 3.05) is 14.2 Å². The van der Waals surface area contributed by atoms with E-state index < -0.39 is 6.29 Å². The van der Waals surface area contributed by atoms with Crippen molar-refractivity contribution >= 4 is 0 Å². The summed E-state index contributed by atoms with van der Waals surface area (Å²) >= 11 is 0. The fraction of sp³-hybridized carbons (Fsp3) is 0.467. The Balaban J connectivity index is 2.15. The third-order valence-corrected chi connectivity index (χ3v) is 3.55. The molecule has 0 spiro atoms. The number of methoxy groups -OCH3 is 2. The maximum atomic E-state index is 13.9. The summed E-state index contributed by atoms with van der Waals surface area (Å²) in [5.74, 6) is -0.0849. The molecular weight excluding hydrogens is 231 g/mol. The molecule has 0 saturated heterocycles. The summed E-state index contributed by atoms with van der Waals surface area (Å²) in [7, 11) is 3.10. The normalized spacial score (nSPS) is 24.1. The number of allylic oxidation sites excluding steroid dienone is 1. The van der Waals surface area contributed by atoms with Crippen molar-refractivity contribution in [3.63, 3.8) is 0 Å². The third-order valence-electron chi connectivity index (χ3n) is 3.55. The second-order valence-corrected chi connectivity index (χ2v) is 4.61. The Kier molecular flexibility index (Phi) is 4.50. The number of ether oxygens (including phenoxy) is 2. The number of benzene rings is 1. The van der Waals surface area contributed by atoms with E-state index in [0.717, 1.165) is 12.8 Å². The van der Waals surface area contributed by atoms with Crippen LogP contribution in [0.5, 0.6) is 0 Å². The van der Waals surface area contributed by atoms with Crippen molar-refractivity contribution < 1.29 is 13.9 Å². The van der Waals surface area contributed by atoms with E-state index in [-0.39, 0.29) is 11.7 Å². The highest BCUT2D eigenvalue weighted by Crippen LogP contribution is 2.38. The van der Waals surface area contributed by atoms with E-state index in [1.165, 1.54) is 5.56 Å². The van der Waals surface area contributed by atoms with Crippen molar-refractivity contribution in [2.45, 2.75) is 25.0 Å². The molecule has 2 rings (SSSR count). The van der Waals surface area contributed by atoms with Crippen LogP contribution in [0.15, 0.2) is 42.2 Å². The van der Waals surface area contributed by atoms with Gasteiger partial charge in [0, 0.05) is 14.2 Å². The number of rotatable bonds is 4. The highest BCUT2D eigenvalue weighted by Gasteiger charge is 2.32. The molecule has 0 N–H and O–H groups in total. The average molecular weight is 250 g/mol. The maximum Gasteiger partial charge on any atom is 0.165 e. The van der Waals surface area contributed by atoms with Crippen LogP contribution in [0.25, 0.3) is 0 Å². The SMILES string of the molecule is COC(OC)C1CC(c2ccccc2)CC=C1F. The molecule has 0 radical (unpaired) electrons. The van der Waals surface area contributed by atoms with Gasteiger partial charge in [-0.05, 0) is 24.3 Å². The number of halogens is 1. The summed E-state index contributed by atoms with van der Waals surface area (Å²) in [6.07, 6.45) is 2.62. The molecule has 0 saturated carbocycles. The van der Waals surface area contributed by atoms with Gasteiger partial charge in [0.05, 0.1) is 5.92 Å². The van der Waals surface area contributed by atoms with Gasteiger partial charge in [-0.2, -0.15) is 0 Å². The second-order valence-electron chi connectivity index (χ2n) is 4.61. The van der Waals surface area contributed by atoms with Crippen LogP contribution >= 0.6 is 0 Å². The van der Waals surface area contributed by atoms with Gasteiger partial charge in [0.2, 0.25) is 0 Å². The fourth-order valence-electron chi connectivity index (χ4n) is 2.58. The van der Waals surface area contributed by atoms with E-state index in [1.54, 1.807) is 20.3 Å². The zero-order chi connectivity index (χ0) is 13.0. The molecular formula is C15H19FO2. The van der Waals surface area contributed by atoms with E-state index in [1.807, 2.05) is 18.2 Å². The molecule has 3 heteroatoms. The lowest BCUT2D eigenvalue weighted by Gasteiger charge is -2.30. The van der Waals surface area contributed by atoms with Gasteiger partial charge in [-0.25, -0.2) is 4.39 Å². The van der Waals surface area contributed by atoms with Crippen LogP contribution in [-0.2, 0) is 9.47 Å². The molecule has 0 aromatic heterocycles. The molecule has 1 aliphatic rings. The van der Waals surface area contributed by atoms with Gasteiger partial charge in [-0.3, -0.25) is 0 Å². The Morgan fingerprint density at radius 1 is 1.17 bits per heavy atom. The number of hydrogen-bond acceptors (Lipinski definition) is 2. The van der Waals surface area contributed by atoms with Crippen LogP contribution in [0, 0.1) is 5.92 Å². The van der Waals surface area contributed by atoms with Gasteiger partial charge in [-0.15, -0.1) is 0 Å². The monoisotopic (exact) mass is 250 g/mol. The van der Waals surface area contributed by atoms with E-state index >= 15 is 0 Å². The van der Waals surface area contributed by atoms with Crippen LogP contribution in [-0.4, -0.2) is 20.5 Å². The fourth-order valence-corrected chi connectivity index (χ4v) is 2.58. The topological polar surface area (TPSA) is 18.5 Å². The molecule has 18 heavy (non-hydrogen) atoms. The smallest absolute Gasteiger partial charge is 0.165 e. The molecule has 0 bridgehead atoms. The Bertz CT molecular complexity index is 398. The first kappa shape index (κ1) is 13.2. The van der Waals surface area contributed by atoms with E-state index in [4.69, 9.17) is 9.47 Å². The Morgan fingerprint density at radius 2 is 1.83 bits per heavy atom. The standard InChI is InChI=1S/C15H19FO2/c1-17-15(18-2)13-10-12(8-9-14(13)16)11-6-4-3-5-7-11/h3-7,9,12-13,15H,8,10H2,1-2H3. The lowest BCUT2D eigenvalue weighted by molar-refractivity contribution is -0.136. The summed E-state index contributed by atoms with van der Waals surface area (Å²) in [6, 6.07) is 10.2. The van der Waals surface area contributed by atoms with Gasteiger partial charge in [0.25, 0.3) is 0 Å². The van der Waals surface area contributed by atoms with Crippen molar-refractivity contribution in [1.29, 1.82) is 0 Å². The van der Waals surface area contributed by atoms with E-state index in [2.05, 4.69) is 12.1 Å². The zero-order valence-electron chi connectivity index (χ0n) is 10.8. The summed E-state index contributed by atoms with van der Waals surface area (Å²) in [5, 5.41) is 0. The van der Waals surface area contributed by atoms with Gasteiger partial charge in [-0.1, -0.05) is 36.4 Å². The molecule has 1 aliphatic carbocycles. The van der Waals surface area contributed by atoms with Crippen LogP contribution in [0.4, 0.5) is 4.39 Å². The van der Waals surface area contributed by atoms with E-state index in [9.17, 15) is 4.39 Å². The molecule has 2 nitrogen and oxygen atoms in total. The van der Waals surface area contributed by atoms with Gasteiger partial charge in [0.1, 0.15) is 5.83 Å². The molecule has 2 atom stereocenters. The van der Waals surface area contributed by atoms with Crippen LogP contribution in [0.3, 0.4) is 0 Å². The molecule has 1 aromatic rings. The second kappa shape index (κ2) is 6.12. The van der Waals surface area contributed by atoms with Crippen LogP contribution in [0.1, 0.15) is 24.3 Å². The summed E-state index contributed by atoms with van der Waals surface area (Å²) in [4.78, 5) is 0. The minimum absolute atomic E-state index is 0.115. The predicted molar refractivity (Wildman–Crippen MR) is 68.9 cm³/mol. The zero-order valence-corrected chi connectivity index (χ0v) is 10.8. The predicted octanol–water partition coefficient (Wildman–Crippen LogP) is 3.65. The molecule has 0 fully saturated rings. The molecule has 2 unspecified atom stereocenters. The summed E-state index contributed by atoms with van der Waals surface area (Å²) in [6.45, 7) is 0. The van der Waals surface area contributed by atoms with Crippen LogP contribution < -0.4 is 0 Å². The quantitative estimate of drug-likeness (QED) is 0.759. The largest absolute Gasteiger partial charge is 0.355 e. The van der Waals surface area contributed by atoms with Crippen molar-refractivity contribution in [3.8, 4) is 0 Å². The Labute approximate surface area is 107 Å². The van der Waals surface area contributed by atoms with Gasteiger partial charge in [0.15, 0.2) is 6.29 Å². The summed E-state index contributed by atoms with van der Waals surface area (Å²) in [5.41, 5.74) is 1.25. The Hall–Kier alpha value is -1.19. The first-order valence-corrected chi connectivity index (χ1v) is 6.22. The minimum atomic E-state index is -0.507. The minimum Gasteiger partial charge on any atom is -0.355 e. The maximum absolute atomic E-state index is 13.9. The number of hydrogen-bond donors (Lipinski definition) is 0. The Morgan fingerprint density at radius 3 is 2.44 bits per heavy atom. The van der Waals surface area contributed by atoms with Crippen molar-refractivity contribution in [2.24, 2.45) is 5.92 Å². The highest BCUT2D eigenvalue weighted by molar-refractivity contribution is 5.23. The van der Waals surface area contributed by atoms with E-state index in [0.29, 0.717) is 5.92 Å². The molecule has 0 heterocycles. The van der Waals surface area contributed by atoms with Crippen LogP contribution in [0.2, 0.25) is 0 Å². The molecule has 0 amide bonds. The van der Waals surface area contributed by atoms with Crippen molar-refractivity contribution in [3.05, 3.63) is 47.8 Å². The summed E-state index contributed by atoms with van der Waals surface area (Å²) < 4.78 is 24.2.